The molecule has 2 amide bonds. The van der Waals surface area contributed by atoms with Crippen LogP contribution in [0, 0.1) is 12.8 Å². The summed E-state index contributed by atoms with van der Waals surface area (Å²) in [5.41, 5.74) is 0. The van der Waals surface area contributed by atoms with Gasteiger partial charge in [0.2, 0.25) is 11.8 Å². The van der Waals surface area contributed by atoms with E-state index in [0.717, 1.165) is 24.1 Å². The largest absolute Gasteiger partial charge is 0.333 e. The third-order valence-electron chi connectivity index (χ3n) is 3.13. The molecule has 0 fully saturated rings. The minimum Gasteiger partial charge on any atom is -0.333 e. The molecule has 0 saturated carbocycles. The van der Waals surface area contributed by atoms with Crippen LogP contribution in [0.4, 0.5) is 5.13 Å². The van der Waals surface area contributed by atoms with E-state index in [1.165, 1.54) is 11.3 Å². The van der Waals surface area contributed by atoms with Crippen LogP contribution < -0.4 is 5.32 Å². The molecule has 0 aliphatic carbocycles. The summed E-state index contributed by atoms with van der Waals surface area (Å²) in [5.74, 6) is 0.219. The molecule has 1 aromatic heterocycles. The highest BCUT2D eigenvalue weighted by Crippen LogP contribution is 2.16. The van der Waals surface area contributed by atoms with Gasteiger partial charge in [0.25, 0.3) is 0 Å². The van der Waals surface area contributed by atoms with E-state index in [0.29, 0.717) is 24.0 Å². The van der Waals surface area contributed by atoms with E-state index in [1.54, 1.807) is 11.1 Å². The Morgan fingerprint density at radius 3 is 2.64 bits per heavy atom. The maximum absolute atomic E-state index is 12.3. The molecular formula is C16H27N3O2S. The second kappa shape index (κ2) is 9.56. The van der Waals surface area contributed by atoms with Gasteiger partial charge in [-0.05, 0) is 19.3 Å². The summed E-state index contributed by atoms with van der Waals surface area (Å²) in [6.45, 7) is 8.86. The van der Waals surface area contributed by atoms with Gasteiger partial charge in [-0.25, -0.2) is 4.98 Å². The van der Waals surface area contributed by atoms with Crippen molar-refractivity contribution in [3.8, 4) is 0 Å². The molecule has 0 radical (unpaired) electrons. The Labute approximate surface area is 137 Å². The Morgan fingerprint density at radius 2 is 2.09 bits per heavy atom. The number of nitrogens with one attached hydrogen (secondary N) is 1. The third kappa shape index (κ3) is 7.02. The average Bonchev–Trinajstić information content (AvgIpc) is 2.82. The number of hydrogen-bond acceptors (Lipinski definition) is 4. The molecule has 0 saturated heterocycles. The Balaban J connectivity index is 2.55. The highest BCUT2D eigenvalue weighted by Gasteiger charge is 2.18. The van der Waals surface area contributed by atoms with E-state index in [2.05, 4.69) is 31.1 Å². The van der Waals surface area contributed by atoms with Crippen LogP contribution in [-0.4, -0.2) is 34.8 Å². The van der Waals surface area contributed by atoms with Crippen LogP contribution in [0.1, 0.15) is 51.3 Å². The summed E-state index contributed by atoms with van der Waals surface area (Å²) >= 11 is 1.44. The molecule has 6 heteroatoms. The zero-order valence-electron chi connectivity index (χ0n) is 14.0. The highest BCUT2D eigenvalue weighted by atomic mass is 32.1. The van der Waals surface area contributed by atoms with Crippen molar-refractivity contribution < 1.29 is 9.59 Å². The van der Waals surface area contributed by atoms with Crippen molar-refractivity contribution in [1.82, 2.24) is 9.88 Å². The summed E-state index contributed by atoms with van der Waals surface area (Å²) in [5, 5.41) is 3.35. The number of nitrogens with zero attached hydrogens (tertiary/aromatic N) is 2. The summed E-state index contributed by atoms with van der Waals surface area (Å²) in [4.78, 5) is 31.2. The van der Waals surface area contributed by atoms with Gasteiger partial charge in [0.15, 0.2) is 5.13 Å². The number of anilines is 1. The van der Waals surface area contributed by atoms with E-state index in [9.17, 15) is 9.59 Å². The number of aromatic nitrogens is 1. The summed E-state index contributed by atoms with van der Waals surface area (Å²) in [6.07, 6.45) is 5.26. The van der Waals surface area contributed by atoms with Crippen LogP contribution in [0.5, 0.6) is 0 Å². The minimum absolute atomic E-state index is 0.0626. The van der Waals surface area contributed by atoms with Gasteiger partial charge in [0, 0.05) is 24.0 Å². The molecule has 0 spiro atoms. The first-order chi connectivity index (χ1) is 10.4. The van der Waals surface area contributed by atoms with Gasteiger partial charge in [0.1, 0.15) is 0 Å². The van der Waals surface area contributed by atoms with Crippen LogP contribution >= 0.6 is 11.3 Å². The van der Waals surface area contributed by atoms with Crippen molar-refractivity contribution in [2.24, 2.45) is 5.92 Å². The van der Waals surface area contributed by atoms with E-state index in [1.807, 2.05) is 6.92 Å². The van der Waals surface area contributed by atoms with Gasteiger partial charge < -0.3 is 10.2 Å². The van der Waals surface area contributed by atoms with Crippen LogP contribution in [0.25, 0.3) is 0 Å². The maximum Gasteiger partial charge on any atom is 0.245 e. The fourth-order valence-corrected chi connectivity index (χ4v) is 2.80. The van der Waals surface area contributed by atoms with Gasteiger partial charge in [-0.3, -0.25) is 9.59 Å². The monoisotopic (exact) mass is 325 g/mol. The molecule has 22 heavy (non-hydrogen) atoms. The first kappa shape index (κ1) is 18.6. The second-order valence-corrected chi connectivity index (χ2v) is 7.18. The lowest BCUT2D eigenvalue weighted by atomic mass is 10.1. The molecule has 0 aromatic carbocycles. The van der Waals surface area contributed by atoms with Gasteiger partial charge in [-0.1, -0.05) is 33.6 Å². The van der Waals surface area contributed by atoms with Crippen molar-refractivity contribution in [1.29, 1.82) is 0 Å². The molecule has 124 valence electrons. The fraction of sp³-hybridized carbons (Fsp3) is 0.688. The molecule has 1 rings (SSSR count). The quantitative estimate of drug-likeness (QED) is 0.707. The Bertz CT molecular complexity index is 485. The normalized spacial score (nSPS) is 10.8. The maximum atomic E-state index is 12.3. The molecule has 0 aliphatic rings. The molecular weight excluding hydrogens is 298 g/mol. The molecule has 0 aliphatic heterocycles. The predicted molar refractivity (Wildman–Crippen MR) is 91.0 cm³/mol. The van der Waals surface area contributed by atoms with Crippen molar-refractivity contribution in [3.63, 3.8) is 0 Å². The van der Waals surface area contributed by atoms with Crippen molar-refractivity contribution in [3.05, 3.63) is 11.1 Å². The predicted octanol–water partition coefficient (Wildman–Crippen LogP) is 3.45. The zero-order chi connectivity index (χ0) is 16.5. The van der Waals surface area contributed by atoms with Crippen LogP contribution in [0.3, 0.4) is 0 Å². The standard InChI is InChI=1S/C16H27N3O2S/c1-5-6-7-8-15(21)19(10-12(2)3)11-14(20)18-16-17-9-13(4)22-16/h9,12H,5-8,10-11H2,1-4H3,(H,17,18,20). The van der Waals surface area contributed by atoms with E-state index >= 15 is 0 Å². The average molecular weight is 325 g/mol. The number of rotatable bonds is 9. The number of hydrogen-bond donors (Lipinski definition) is 1. The SMILES string of the molecule is CCCCCC(=O)N(CC(=O)Nc1ncc(C)s1)CC(C)C. The molecule has 1 N–H and O–H groups in total. The first-order valence-corrected chi connectivity index (χ1v) is 8.74. The van der Waals surface area contributed by atoms with E-state index in [4.69, 9.17) is 0 Å². The summed E-state index contributed by atoms with van der Waals surface area (Å²) < 4.78 is 0. The highest BCUT2D eigenvalue weighted by molar-refractivity contribution is 7.15. The number of aryl methyl sites for hydroxylation is 1. The van der Waals surface area contributed by atoms with Crippen molar-refractivity contribution >= 4 is 28.3 Å². The summed E-state index contributed by atoms with van der Waals surface area (Å²) in [6, 6.07) is 0. The minimum atomic E-state index is -0.182. The van der Waals surface area contributed by atoms with Gasteiger partial charge in [-0.15, -0.1) is 11.3 Å². The Morgan fingerprint density at radius 1 is 1.36 bits per heavy atom. The second-order valence-electron chi connectivity index (χ2n) is 5.95. The van der Waals surface area contributed by atoms with E-state index < -0.39 is 0 Å². The molecule has 5 nitrogen and oxygen atoms in total. The smallest absolute Gasteiger partial charge is 0.245 e. The van der Waals surface area contributed by atoms with E-state index in [-0.39, 0.29) is 18.4 Å². The third-order valence-corrected chi connectivity index (χ3v) is 3.96. The van der Waals surface area contributed by atoms with Crippen molar-refractivity contribution in [2.75, 3.05) is 18.4 Å². The van der Waals surface area contributed by atoms with Crippen LogP contribution in [0.2, 0.25) is 0 Å². The van der Waals surface area contributed by atoms with Gasteiger partial charge in [0.05, 0.1) is 6.54 Å². The molecule has 0 atom stereocenters. The lowest BCUT2D eigenvalue weighted by Gasteiger charge is -2.24. The summed E-state index contributed by atoms with van der Waals surface area (Å²) in [7, 11) is 0. The number of carbonyl (C=O) groups is 2. The Hall–Kier alpha value is -1.43. The lowest BCUT2D eigenvalue weighted by molar-refractivity contribution is -0.135. The number of thiazole rings is 1. The molecule has 1 aromatic rings. The first-order valence-electron chi connectivity index (χ1n) is 7.92. The number of unbranched alkanes of at least 4 members (excludes halogenated alkanes) is 2. The fourth-order valence-electron chi connectivity index (χ4n) is 2.12. The molecule has 1 heterocycles. The number of amides is 2. The van der Waals surface area contributed by atoms with Crippen molar-refractivity contribution in [2.45, 2.75) is 53.4 Å². The topological polar surface area (TPSA) is 62.3 Å². The van der Waals surface area contributed by atoms with Gasteiger partial charge >= 0.3 is 0 Å². The van der Waals surface area contributed by atoms with Gasteiger partial charge in [-0.2, -0.15) is 0 Å². The lowest BCUT2D eigenvalue weighted by Crippen LogP contribution is -2.40. The molecule has 0 bridgehead atoms. The zero-order valence-corrected chi connectivity index (χ0v) is 14.8. The number of carbonyl (C=O) groups excluding carboxylic acids is 2. The van der Waals surface area contributed by atoms with Crippen LogP contribution in [0.15, 0.2) is 6.20 Å². The Kier molecular flexibility index (Phi) is 8.09. The molecule has 0 unspecified atom stereocenters. The van der Waals surface area contributed by atoms with Crippen LogP contribution in [-0.2, 0) is 9.59 Å².